The largest absolute Gasteiger partial charge is 0.394 e. The Morgan fingerprint density at radius 2 is 2.27 bits per heavy atom. The molecule has 3 nitrogen and oxygen atoms in total. The Morgan fingerprint density at radius 1 is 1.60 bits per heavy atom. The van der Waals surface area contributed by atoms with Crippen LogP contribution in [0.2, 0.25) is 6.82 Å². The third-order valence-electron chi connectivity index (χ3n) is 2.29. The standard InChI is InChI=1S/C10H18N2O.CH3B/c1-3-8-5-11-6-9(7-13)12-10(8)4-2;1-2/h3,9,11-13H,1,4-7H2,2H3;1H3. The number of rotatable bonds is 3. The molecule has 0 aromatic rings. The lowest BCUT2D eigenvalue weighted by Crippen LogP contribution is -2.38. The molecule has 15 heavy (non-hydrogen) atoms. The van der Waals surface area contributed by atoms with Gasteiger partial charge in [-0.1, -0.05) is 26.4 Å². The third-order valence-corrected chi connectivity index (χ3v) is 2.29. The Morgan fingerprint density at radius 3 is 2.73 bits per heavy atom. The van der Waals surface area contributed by atoms with Crippen LogP contribution in [-0.2, 0) is 0 Å². The average Bonchev–Trinajstić information content (AvgIpc) is 2.52. The van der Waals surface area contributed by atoms with Crippen molar-refractivity contribution in [2.24, 2.45) is 0 Å². The highest BCUT2D eigenvalue weighted by molar-refractivity contribution is 6.05. The minimum absolute atomic E-state index is 0.132. The Kier molecular flexibility index (Phi) is 8.14. The van der Waals surface area contributed by atoms with Crippen LogP contribution in [0.4, 0.5) is 0 Å². The molecule has 0 aromatic carbocycles. The zero-order chi connectivity index (χ0) is 11.7. The van der Waals surface area contributed by atoms with Crippen LogP contribution in [0.5, 0.6) is 0 Å². The summed E-state index contributed by atoms with van der Waals surface area (Å²) < 4.78 is 0. The van der Waals surface area contributed by atoms with E-state index in [2.05, 4.69) is 32.0 Å². The van der Waals surface area contributed by atoms with Gasteiger partial charge in [0.1, 0.15) is 0 Å². The third kappa shape index (κ3) is 4.54. The van der Waals surface area contributed by atoms with Crippen LogP contribution < -0.4 is 10.6 Å². The second-order valence-electron chi connectivity index (χ2n) is 3.22. The summed E-state index contributed by atoms with van der Waals surface area (Å²) in [5.41, 5.74) is 2.40. The molecule has 0 fully saturated rings. The van der Waals surface area contributed by atoms with Gasteiger partial charge in [-0.05, 0) is 12.0 Å². The molecule has 1 atom stereocenters. The van der Waals surface area contributed by atoms with Crippen molar-refractivity contribution in [3.63, 3.8) is 0 Å². The van der Waals surface area contributed by atoms with Gasteiger partial charge in [-0.3, -0.25) is 0 Å². The first kappa shape index (κ1) is 14.3. The lowest BCUT2D eigenvalue weighted by molar-refractivity contribution is 0.248. The minimum atomic E-state index is 0.132. The molecule has 84 valence electrons. The van der Waals surface area contributed by atoms with Crippen LogP contribution in [0.3, 0.4) is 0 Å². The maximum absolute atomic E-state index is 9.04. The molecule has 3 N–H and O–H groups in total. The van der Waals surface area contributed by atoms with Crippen LogP contribution in [0.1, 0.15) is 13.3 Å². The first-order valence-electron chi connectivity index (χ1n) is 5.32. The molecule has 0 aromatic heterocycles. The van der Waals surface area contributed by atoms with E-state index in [1.807, 2.05) is 6.08 Å². The van der Waals surface area contributed by atoms with Gasteiger partial charge in [0, 0.05) is 18.8 Å². The topological polar surface area (TPSA) is 44.3 Å². The van der Waals surface area contributed by atoms with E-state index in [0.29, 0.717) is 0 Å². The molecule has 0 aliphatic carbocycles. The molecule has 4 heteroatoms. The van der Waals surface area contributed by atoms with Crippen LogP contribution in [0, 0.1) is 0 Å². The minimum Gasteiger partial charge on any atom is -0.394 e. The fraction of sp³-hybridized carbons (Fsp3) is 0.636. The lowest BCUT2D eigenvalue weighted by atomic mass is 10.1. The Hall–Kier alpha value is -0.735. The monoisotopic (exact) mass is 208 g/mol. The molecule has 1 aliphatic rings. The van der Waals surface area contributed by atoms with E-state index in [1.54, 1.807) is 0 Å². The van der Waals surface area contributed by atoms with Crippen molar-refractivity contribution in [2.75, 3.05) is 19.7 Å². The zero-order valence-corrected chi connectivity index (χ0v) is 9.71. The average molecular weight is 208 g/mol. The lowest BCUT2D eigenvalue weighted by Gasteiger charge is -2.16. The van der Waals surface area contributed by atoms with Gasteiger partial charge >= 0.3 is 0 Å². The number of allylic oxidation sites excluding steroid dienone is 1. The predicted octanol–water partition coefficient (Wildman–Crippen LogP) is 0.593. The van der Waals surface area contributed by atoms with Crippen LogP contribution in [0.25, 0.3) is 0 Å². The molecule has 0 saturated heterocycles. The maximum Gasteiger partial charge on any atom is 0.0645 e. The van der Waals surface area contributed by atoms with Crippen LogP contribution in [-0.4, -0.2) is 38.7 Å². The molecule has 1 rings (SSSR count). The van der Waals surface area contributed by atoms with Gasteiger partial charge in [-0.25, -0.2) is 0 Å². The Bertz CT molecular complexity index is 217. The number of hydrogen-bond acceptors (Lipinski definition) is 3. The molecule has 0 saturated carbocycles. The second-order valence-corrected chi connectivity index (χ2v) is 3.22. The highest BCUT2D eigenvalue weighted by Crippen LogP contribution is 2.09. The molecule has 1 unspecified atom stereocenters. The van der Waals surface area contributed by atoms with E-state index < -0.39 is 0 Å². The highest BCUT2D eigenvalue weighted by Gasteiger charge is 2.13. The smallest absolute Gasteiger partial charge is 0.0645 e. The van der Waals surface area contributed by atoms with Crippen molar-refractivity contribution >= 4 is 7.85 Å². The van der Waals surface area contributed by atoms with E-state index >= 15 is 0 Å². The second kappa shape index (κ2) is 8.56. The normalized spacial score (nSPS) is 20.9. The molecule has 0 amide bonds. The van der Waals surface area contributed by atoms with E-state index in [9.17, 15) is 0 Å². The molecular weight excluding hydrogens is 187 g/mol. The summed E-state index contributed by atoms with van der Waals surface area (Å²) in [6, 6.07) is 0.132. The van der Waals surface area contributed by atoms with Gasteiger partial charge in [0.15, 0.2) is 0 Å². The van der Waals surface area contributed by atoms with Gasteiger partial charge in [-0.2, -0.15) is 0 Å². The zero-order valence-electron chi connectivity index (χ0n) is 9.71. The quantitative estimate of drug-likeness (QED) is 0.595. The summed E-state index contributed by atoms with van der Waals surface area (Å²) in [4.78, 5) is 0. The van der Waals surface area contributed by atoms with Crippen molar-refractivity contribution < 1.29 is 5.11 Å². The fourth-order valence-corrected chi connectivity index (χ4v) is 1.51. The SMILES string of the molecule is C=CC1=C(CC)NC(CO)CNC1.[B]C. The van der Waals surface area contributed by atoms with Crippen LogP contribution >= 0.6 is 0 Å². The van der Waals surface area contributed by atoms with Crippen molar-refractivity contribution in [3.05, 3.63) is 23.9 Å². The van der Waals surface area contributed by atoms with Crippen molar-refractivity contribution in [2.45, 2.75) is 26.2 Å². The van der Waals surface area contributed by atoms with Crippen LogP contribution in [0.15, 0.2) is 23.9 Å². The summed E-state index contributed by atoms with van der Waals surface area (Å²) in [5.74, 6) is 0. The Labute approximate surface area is 94.1 Å². The maximum atomic E-state index is 9.04. The summed E-state index contributed by atoms with van der Waals surface area (Å²) in [7, 11) is 4.50. The first-order chi connectivity index (χ1) is 7.31. The molecule has 2 radical (unpaired) electrons. The summed E-state index contributed by atoms with van der Waals surface area (Å²) >= 11 is 0. The van der Waals surface area contributed by atoms with E-state index in [1.165, 1.54) is 18.1 Å². The summed E-state index contributed by atoms with van der Waals surface area (Å²) in [6.45, 7) is 9.19. The van der Waals surface area contributed by atoms with E-state index in [0.717, 1.165) is 19.5 Å². The molecule has 0 bridgehead atoms. The first-order valence-corrected chi connectivity index (χ1v) is 5.32. The van der Waals surface area contributed by atoms with Gasteiger partial charge in [0.2, 0.25) is 0 Å². The molecule has 0 spiro atoms. The fourth-order valence-electron chi connectivity index (χ4n) is 1.51. The summed E-state index contributed by atoms with van der Waals surface area (Å²) in [6.07, 6.45) is 2.83. The number of hydrogen-bond donors (Lipinski definition) is 3. The number of aliphatic hydroxyl groups is 1. The van der Waals surface area contributed by atoms with Gasteiger partial charge in [0.05, 0.1) is 20.5 Å². The van der Waals surface area contributed by atoms with Gasteiger partial charge in [-0.15, -0.1) is 0 Å². The van der Waals surface area contributed by atoms with Gasteiger partial charge < -0.3 is 15.7 Å². The van der Waals surface area contributed by atoms with Crippen molar-refractivity contribution in [1.29, 1.82) is 0 Å². The van der Waals surface area contributed by atoms with Crippen molar-refractivity contribution in [1.82, 2.24) is 10.6 Å². The van der Waals surface area contributed by atoms with E-state index in [-0.39, 0.29) is 12.6 Å². The number of aliphatic hydroxyl groups excluding tert-OH is 1. The highest BCUT2D eigenvalue weighted by atomic mass is 16.3. The summed E-state index contributed by atoms with van der Waals surface area (Å²) in [5, 5.41) is 15.6. The van der Waals surface area contributed by atoms with Gasteiger partial charge in [0.25, 0.3) is 0 Å². The molecule has 1 heterocycles. The van der Waals surface area contributed by atoms with E-state index in [4.69, 9.17) is 5.11 Å². The predicted molar refractivity (Wildman–Crippen MR) is 66.0 cm³/mol. The Balaban J connectivity index is 0.000000921. The number of nitrogens with one attached hydrogen (secondary N) is 2. The molecular formula is C11H21BN2O. The molecule has 1 aliphatic heterocycles. The van der Waals surface area contributed by atoms with Crippen molar-refractivity contribution in [3.8, 4) is 0 Å².